The molecule has 1 rings (SSSR count). The zero-order valence-corrected chi connectivity index (χ0v) is 9.74. The zero-order valence-electron chi connectivity index (χ0n) is 9.74. The van der Waals surface area contributed by atoms with Crippen molar-refractivity contribution in [2.45, 2.75) is 32.7 Å². The molecule has 1 aromatic carbocycles. The van der Waals surface area contributed by atoms with Crippen LogP contribution in [0.15, 0.2) is 24.3 Å². The Kier molecular flexibility index (Phi) is 6.07. The third-order valence-electron chi connectivity index (χ3n) is 2.33. The molecule has 0 aliphatic rings. The van der Waals surface area contributed by atoms with E-state index in [4.69, 9.17) is 4.74 Å². The lowest BCUT2D eigenvalue weighted by atomic mass is 10.2. The molecule has 0 saturated heterocycles. The number of benzene rings is 1. The molecule has 0 unspecified atom stereocenters. The fourth-order valence-corrected chi connectivity index (χ4v) is 1.41. The van der Waals surface area contributed by atoms with E-state index >= 15 is 0 Å². The Bertz CT molecular complexity index is 295. The van der Waals surface area contributed by atoms with Gasteiger partial charge < -0.3 is 10.1 Å². The van der Waals surface area contributed by atoms with Crippen molar-refractivity contribution >= 4 is 6.41 Å². The van der Waals surface area contributed by atoms with Crippen molar-refractivity contribution < 1.29 is 9.53 Å². The minimum Gasteiger partial charge on any atom is -0.494 e. The quantitative estimate of drug-likeness (QED) is 0.541. The summed E-state index contributed by atoms with van der Waals surface area (Å²) in [6.07, 6.45) is 4.22. The van der Waals surface area contributed by atoms with E-state index < -0.39 is 0 Å². The van der Waals surface area contributed by atoms with Crippen LogP contribution in [0.2, 0.25) is 0 Å². The summed E-state index contributed by atoms with van der Waals surface area (Å²) < 4.78 is 5.58. The number of amides is 1. The molecular formula is C13H19NO2. The van der Waals surface area contributed by atoms with Crippen LogP contribution in [-0.4, -0.2) is 13.0 Å². The van der Waals surface area contributed by atoms with Crippen LogP contribution in [0.1, 0.15) is 31.7 Å². The second-order valence-electron chi connectivity index (χ2n) is 3.70. The molecule has 0 aromatic heterocycles. The molecule has 88 valence electrons. The van der Waals surface area contributed by atoms with Gasteiger partial charge in [0.15, 0.2) is 0 Å². The first kappa shape index (κ1) is 12.6. The van der Waals surface area contributed by atoms with E-state index in [0.717, 1.165) is 24.3 Å². The molecule has 0 bridgehead atoms. The van der Waals surface area contributed by atoms with Gasteiger partial charge in [-0.15, -0.1) is 0 Å². The predicted molar refractivity (Wildman–Crippen MR) is 64.4 cm³/mol. The maximum Gasteiger partial charge on any atom is 0.207 e. The summed E-state index contributed by atoms with van der Waals surface area (Å²) in [7, 11) is 0. The fraction of sp³-hybridized carbons (Fsp3) is 0.462. The Balaban J connectivity index is 2.30. The van der Waals surface area contributed by atoms with E-state index in [2.05, 4.69) is 12.2 Å². The van der Waals surface area contributed by atoms with Gasteiger partial charge in [-0.05, 0) is 24.1 Å². The van der Waals surface area contributed by atoms with Crippen molar-refractivity contribution in [3.8, 4) is 5.75 Å². The lowest BCUT2D eigenvalue weighted by Gasteiger charge is -2.06. The summed E-state index contributed by atoms with van der Waals surface area (Å²) in [6, 6.07) is 7.80. The number of unbranched alkanes of at least 4 members (excludes halogenated alkanes) is 2. The molecule has 0 aliphatic carbocycles. The van der Waals surface area contributed by atoms with E-state index in [0.29, 0.717) is 13.0 Å². The minimum absolute atomic E-state index is 0.569. The largest absolute Gasteiger partial charge is 0.494 e. The van der Waals surface area contributed by atoms with Gasteiger partial charge in [-0.3, -0.25) is 4.79 Å². The van der Waals surface area contributed by atoms with Crippen LogP contribution >= 0.6 is 0 Å². The van der Waals surface area contributed by atoms with Gasteiger partial charge in [0.1, 0.15) is 5.75 Å². The Morgan fingerprint density at radius 3 is 2.62 bits per heavy atom. The molecule has 1 amide bonds. The molecule has 0 aliphatic heterocycles. The highest BCUT2D eigenvalue weighted by atomic mass is 16.5. The summed E-state index contributed by atoms with van der Waals surface area (Å²) in [4.78, 5) is 10.1. The first-order chi connectivity index (χ1) is 7.86. The van der Waals surface area contributed by atoms with Crippen LogP contribution in [0.4, 0.5) is 0 Å². The predicted octanol–water partition coefficient (Wildman–Crippen LogP) is 2.50. The van der Waals surface area contributed by atoms with Gasteiger partial charge >= 0.3 is 0 Å². The SMILES string of the molecule is CCCCCOc1ccc(CNC=O)cc1. The summed E-state index contributed by atoms with van der Waals surface area (Å²) in [6.45, 7) is 3.52. The van der Waals surface area contributed by atoms with Crippen LogP contribution in [0.5, 0.6) is 5.75 Å². The van der Waals surface area contributed by atoms with Crippen molar-refractivity contribution in [1.82, 2.24) is 5.32 Å². The number of ether oxygens (including phenoxy) is 1. The number of carbonyl (C=O) groups is 1. The second-order valence-corrected chi connectivity index (χ2v) is 3.70. The first-order valence-electron chi connectivity index (χ1n) is 5.75. The van der Waals surface area contributed by atoms with Gasteiger partial charge in [-0.1, -0.05) is 31.9 Å². The van der Waals surface area contributed by atoms with Gasteiger partial charge in [-0.25, -0.2) is 0 Å². The van der Waals surface area contributed by atoms with Crippen LogP contribution in [-0.2, 0) is 11.3 Å². The molecular weight excluding hydrogens is 202 g/mol. The molecule has 0 spiro atoms. The molecule has 1 aromatic rings. The van der Waals surface area contributed by atoms with Crippen molar-refractivity contribution in [3.63, 3.8) is 0 Å². The Morgan fingerprint density at radius 1 is 1.25 bits per heavy atom. The topological polar surface area (TPSA) is 38.3 Å². The molecule has 16 heavy (non-hydrogen) atoms. The third kappa shape index (κ3) is 4.82. The Morgan fingerprint density at radius 2 is 2.00 bits per heavy atom. The lowest BCUT2D eigenvalue weighted by Crippen LogP contribution is -2.09. The van der Waals surface area contributed by atoms with Crippen molar-refractivity contribution in [3.05, 3.63) is 29.8 Å². The maximum absolute atomic E-state index is 10.1. The van der Waals surface area contributed by atoms with E-state index in [-0.39, 0.29) is 0 Å². The highest BCUT2D eigenvalue weighted by Crippen LogP contribution is 2.12. The second kappa shape index (κ2) is 7.74. The summed E-state index contributed by atoms with van der Waals surface area (Å²) in [5.41, 5.74) is 1.08. The average Bonchev–Trinajstić information content (AvgIpc) is 2.33. The molecule has 0 heterocycles. The molecule has 1 N–H and O–H groups in total. The van der Waals surface area contributed by atoms with E-state index in [1.807, 2.05) is 24.3 Å². The highest BCUT2D eigenvalue weighted by Gasteiger charge is 1.95. The van der Waals surface area contributed by atoms with E-state index in [1.54, 1.807) is 0 Å². The van der Waals surface area contributed by atoms with Crippen LogP contribution in [0.3, 0.4) is 0 Å². The number of carbonyl (C=O) groups excluding carboxylic acids is 1. The Hall–Kier alpha value is -1.51. The highest BCUT2D eigenvalue weighted by molar-refractivity contribution is 5.46. The van der Waals surface area contributed by atoms with Gasteiger partial charge in [0.25, 0.3) is 0 Å². The van der Waals surface area contributed by atoms with Gasteiger partial charge in [0.05, 0.1) is 6.61 Å². The van der Waals surface area contributed by atoms with E-state index in [1.165, 1.54) is 12.8 Å². The van der Waals surface area contributed by atoms with Gasteiger partial charge in [0, 0.05) is 6.54 Å². The standard InChI is InChI=1S/C13H19NO2/c1-2-3-4-9-16-13-7-5-12(6-8-13)10-14-11-15/h5-8,11H,2-4,9-10H2,1H3,(H,14,15). The molecule has 0 fully saturated rings. The summed E-state index contributed by atoms with van der Waals surface area (Å²) >= 11 is 0. The molecule has 3 nitrogen and oxygen atoms in total. The number of nitrogens with one attached hydrogen (secondary N) is 1. The molecule has 0 radical (unpaired) electrons. The molecule has 3 heteroatoms. The Labute approximate surface area is 96.8 Å². The monoisotopic (exact) mass is 221 g/mol. The van der Waals surface area contributed by atoms with Crippen molar-refractivity contribution in [2.75, 3.05) is 6.61 Å². The normalized spacial score (nSPS) is 9.81. The summed E-state index contributed by atoms with van der Waals surface area (Å²) in [5, 5.41) is 2.62. The van der Waals surface area contributed by atoms with Crippen molar-refractivity contribution in [2.24, 2.45) is 0 Å². The van der Waals surface area contributed by atoms with Crippen LogP contribution in [0, 0.1) is 0 Å². The van der Waals surface area contributed by atoms with E-state index in [9.17, 15) is 4.79 Å². The third-order valence-corrected chi connectivity index (χ3v) is 2.33. The van der Waals surface area contributed by atoms with Gasteiger partial charge in [-0.2, -0.15) is 0 Å². The molecule has 0 saturated carbocycles. The number of rotatable bonds is 8. The van der Waals surface area contributed by atoms with Crippen LogP contribution < -0.4 is 10.1 Å². The average molecular weight is 221 g/mol. The number of hydrogen-bond acceptors (Lipinski definition) is 2. The zero-order chi connectivity index (χ0) is 11.6. The lowest BCUT2D eigenvalue weighted by molar-refractivity contribution is -0.109. The maximum atomic E-state index is 10.1. The smallest absolute Gasteiger partial charge is 0.207 e. The molecule has 0 atom stereocenters. The fourth-order valence-electron chi connectivity index (χ4n) is 1.41. The van der Waals surface area contributed by atoms with Crippen molar-refractivity contribution in [1.29, 1.82) is 0 Å². The first-order valence-corrected chi connectivity index (χ1v) is 5.75. The van der Waals surface area contributed by atoms with Crippen LogP contribution in [0.25, 0.3) is 0 Å². The van der Waals surface area contributed by atoms with Gasteiger partial charge in [0.2, 0.25) is 6.41 Å². The number of hydrogen-bond donors (Lipinski definition) is 1. The minimum atomic E-state index is 0.569. The summed E-state index contributed by atoms with van der Waals surface area (Å²) in [5.74, 6) is 0.894.